The second kappa shape index (κ2) is 8.02. The molecule has 1 rings (SSSR count). The Morgan fingerprint density at radius 1 is 0.833 bits per heavy atom. The smallest absolute Gasteiger partial charge is 0.125 e. The van der Waals surface area contributed by atoms with Crippen molar-refractivity contribution in [3.05, 3.63) is 23.3 Å². The molecule has 2 nitrogen and oxygen atoms in total. The zero-order chi connectivity index (χ0) is 13.4. The fraction of sp³-hybridized carbons (Fsp3) is 0.625. The van der Waals surface area contributed by atoms with Crippen molar-refractivity contribution in [1.29, 1.82) is 0 Å². The summed E-state index contributed by atoms with van der Waals surface area (Å²) in [7, 11) is 0. The lowest BCUT2D eigenvalue weighted by molar-refractivity contribution is 0.431. The molecule has 0 aliphatic carbocycles. The topological polar surface area (TPSA) is 40.5 Å². The van der Waals surface area contributed by atoms with Crippen LogP contribution in [0.4, 0.5) is 0 Å². The summed E-state index contributed by atoms with van der Waals surface area (Å²) in [6.45, 7) is 4.33. The molecule has 18 heavy (non-hydrogen) atoms. The number of benzene rings is 1. The van der Waals surface area contributed by atoms with Crippen LogP contribution >= 0.6 is 0 Å². The molecule has 0 radical (unpaired) electrons. The SMILES string of the molecule is CCCCCc1ccc(O)c(CCCCC)c1O. The summed E-state index contributed by atoms with van der Waals surface area (Å²) in [6.07, 6.45) is 8.46. The quantitative estimate of drug-likeness (QED) is 0.664. The first-order chi connectivity index (χ1) is 8.70. The first kappa shape index (κ1) is 14.9. The average Bonchev–Trinajstić information content (AvgIpc) is 2.36. The fourth-order valence-corrected chi connectivity index (χ4v) is 2.24. The molecule has 0 amide bonds. The van der Waals surface area contributed by atoms with E-state index in [1.807, 2.05) is 6.07 Å². The van der Waals surface area contributed by atoms with Crippen LogP contribution in [0.25, 0.3) is 0 Å². The van der Waals surface area contributed by atoms with E-state index < -0.39 is 0 Å². The highest BCUT2D eigenvalue weighted by atomic mass is 16.3. The molecule has 0 heterocycles. The summed E-state index contributed by atoms with van der Waals surface area (Å²) in [5, 5.41) is 20.0. The molecule has 0 atom stereocenters. The van der Waals surface area contributed by atoms with Crippen molar-refractivity contribution in [2.45, 2.75) is 65.2 Å². The summed E-state index contributed by atoms with van der Waals surface area (Å²) in [6, 6.07) is 3.58. The predicted octanol–water partition coefficient (Wildman–Crippen LogP) is 4.56. The van der Waals surface area contributed by atoms with E-state index in [0.717, 1.165) is 49.7 Å². The molecule has 0 aromatic heterocycles. The van der Waals surface area contributed by atoms with Crippen molar-refractivity contribution >= 4 is 0 Å². The molecule has 0 fully saturated rings. The molecule has 2 N–H and O–H groups in total. The average molecular weight is 250 g/mol. The zero-order valence-corrected chi connectivity index (χ0v) is 11.7. The highest BCUT2D eigenvalue weighted by Gasteiger charge is 2.11. The minimum absolute atomic E-state index is 0.239. The largest absolute Gasteiger partial charge is 0.508 e. The third-order valence-corrected chi connectivity index (χ3v) is 3.42. The maximum Gasteiger partial charge on any atom is 0.125 e. The fourth-order valence-electron chi connectivity index (χ4n) is 2.24. The van der Waals surface area contributed by atoms with Crippen LogP contribution < -0.4 is 0 Å². The third kappa shape index (κ3) is 4.25. The van der Waals surface area contributed by atoms with Gasteiger partial charge in [0, 0.05) is 5.56 Å². The standard InChI is InChI=1S/C16H26O2/c1-3-5-7-9-13-11-12-15(17)14(16(13)18)10-8-6-4-2/h11-12,17-18H,3-10H2,1-2H3. The summed E-state index contributed by atoms with van der Waals surface area (Å²) >= 11 is 0. The second-order valence-corrected chi connectivity index (χ2v) is 4.99. The zero-order valence-electron chi connectivity index (χ0n) is 11.7. The lowest BCUT2D eigenvalue weighted by Gasteiger charge is -2.11. The Morgan fingerprint density at radius 3 is 2.06 bits per heavy atom. The van der Waals surface area contributed by atoms with Crippen molar-refractivity contribution in [1.82, 2.24) is 0 Å². The number of phenolic OH excluding ortho intramolecular Hbond substituents is 2. The number of aromatic hydroxyl groups is 2. The van der Waals surface area contributed by atoms with Gasteiger partial charge in [0.25, 0.3) is 0 Å². The summed E-state index contributed by atoms with van der Waals surface area (Å²) in [4.78, 5) is 0. The van der Waals surface area contributed by atoms with Crippen LogP contribution in [0.3, 0.4) is 0 Å². The lowest BCUT2D eigenvalue weighted by Crippen LogP contribution is -1.93. The van der Waals surface area contributed by atoms with Crippen LogP contribution in [0.5, 0.6) is 11.5 Å². The molecular weight excluding hydrogens is 224 g/mol. The van der Waals surface area contributed by atoms with Crippen LogP contribution in [0.2, 0.25) is 0 Å². The van der Waals surface area contributed by atoms with Crippen LogP contribution in [0.15, 0.2) is 12.1 Å². The second-order valence-electron chi connectivity index (χ2n) is 4.99. The normalized spacial score (nSPS) is 10.8. The van der Waals surface area contributed by atoms with Gasteiger partial charge in [-0.05, 0) is 37.3 Å². The number of aryl methyl sites for hydroxylation is 1. The van der Waals surface area contributed by atoms with Crippen LogP contribution in [0.1, 0.15) is 63.5 Å². The minimum Gasteiger partial charge on any atom is -0.508 e. The minimum atomic E-state index is 0.239. The lowest BCUT2D eigenvalue weighted by atomic mass is 9.98. The molecule has 102 valence electrons. The molecule has 0 aliphatic rings. The van der Waals surface area contributed by atoms with E-state index >= 15 is 0 Å². The molecule has 0 spiro atoms. The molecule has 0 aliphatic heterocycles. The Kier molecular flexibility index (Phi) is 6.63. The van der Waals surface area contributed by atoms with Crippen molar-refractivity contribution in [3.8, 4) is 11.5 Å². The van der Waals surface area contributed by atoms with E-state index in [1.54, 1.807) is 6.07 Å². The predicted molar refractivity (Wildman–Crippen MR) is 76.2 cm³/mol. The van der Waals surface area contributed by atoms with E-state index in [1.165, 1.54) is 12.8 Å². The van der Waals surface area contributed by atoms with Gasteiger partial charge in [0.15, 0.2) is 0 Å². The Morgan fingerprint density at radius 2 is 1.44 bits per heavy atom. The molecule has 1 aromatic rings. The van der Waals surface area contributed by atoms with Gasteiger partial charge >= 0.3 is 0 Å². The third-order valence-electron chi connectivity index (χ3n) is 3.42. The van der Waals surface area contributed by atoms with Crippen molar-refractivity contribution in [2.75, 3.05) is 0 Å². The Balaban J connectivity index is 2.72. The molecule has 0 saturated carbocycles. The summed E-state index contributed by atoms with van der Waals surface area (Å²) in [5.74, 6) is 0.560. The van der Waals surface area contributed by atoms with E-state index in [4.69, 9.17) is 0 Å². The summed E-state index contributed by atoms with van der Waals surface area (Å²) < 4.78 is 0. The first-order valence-electron chi connectivity index (χ1n) is 7.23. The van der Waals surface area contributed by atoms with Crippen molar-refractivity contribution in [2.24, 2.45) is 0 Å². The highest BCUT2D eigenvalue weighted by Crippen LogP contribution is 2.32. The monoisotopic (exact) mass is 250 g/mol. The number of rotatable bonds is 8. The first-order valence-corrected chi connectivity index (χ1v) is 7.23. The highest BCUT2D eigenvalue weighted by molar-refractivity contribution is 5.48. The van der Waals surface area contributed by atoms with Gasteiger partial charge < -0.3 is 10.2 Å². The summed E-state index contributed by atoms with van der Waals surface area (Å²) in [5.41, 5.74) is 1.71. The Hall–Kier alpha value is -1.18. The van der Waals surface area contributed by atoms with Gasteiger partial charge in [0.1, 0.15) is 11.5 Å². The molecule has 0 bridgehead atoms. The van der Waals surface area contributed by atoms with Gasteiger partial charge in [0.2, 0.25) is 0 Å². The van der Waals surface area contributed by atoms with Gasteiger partial charge in [-0.15, -0.1) is 0 Å². The van der Waals surface area contributed by atoms with E-state index in [0.29, 0.717) is 5.75 Å². The molecule has 0 saturated heterocycles. The number of hydrogen-bond donors (Lipinski definition) is 2. The molecule has 2 heteroatoms. The van der Waals surface area contributed by atoms with E-state index in [9.17, 15) is 10.2 Å². The maximum atomic E-state index is 10.2. The van der Waals surface area contributed by atoms with Crippen LogP contribution in [-0.2, 0) is 12.8 Å². The number of phenols is 2. The maximum absolute atomic E-state index is 10.2. The van der Waals surface area contributed by atoms with E-state index in [-0.39, 0.29) is 5.75 Å². The van der Waals surface area contributed by atoms with Crippen molar-refractivity contribution < 1.29 is 10.2 Å². The van der Waals surface area contributed by atoms with Gasteiger partial charge in [-0.25, -0.2) is 0 Å². The van der Waals surface area contributed by atoms with Crippen LogP contribution in [-0.4, -0.2) is 10.2 Å². The molecule has 1 aromatic carbocycles. The van der Waals surface area contributed by atoms with Crippen LogP contribution in [0, 0.1) is 0 Å². The Labute approximate surface area is 111 Å². The Bertz CT molecular complexity index is 358. The molecule has 0 unspecified atom stereocenters. The van der Waals surface area contributed by atoms with Gasteiger partial charge in [0.05, 0.1) is 0 Å². The molecular formula is C16H26O2. The van der Waals surface area contributed by atoms with Gasteiger partial charge in [-0.3, -0.25) is 0 Å². The van der Waals surface area contributed by atoms with Gasteiger partial charge in [-0.1, -0.05) is 45.6 Å². The van der Waals surface area contributed by atoms with Gasteiger partial charge in [-0.2, -0.15) is 0 Å². The van der Waals surface area contributed by atoms with Crippen molar-refractivity contribution in [3.63, 3.8) is 0 Å². The number of unbranched alkanes of at least 4 members (excludes halogenated alkanes) is 4. The number of hydrogen-bond acceptors (Lipinski definition) is 2. The van der Waals surface area contributed by atoms with E-state index in [2.05, 4.69) is 13.8 Å².